The molecule has 0 aromatic heterocycles. The van der Waals surface area contributed by atoms with Gasteiger partial charge in [-0.1, -0.05) is 17.7 Å². The number of guanidine groups is 1. The maximum Gasteiger partial charge on any atom is 0.191 e. The number of aliphatic imine (C=N–C) groups is 1. The van der Waals surface area contributed by atoms with Gasteiger partial charge in [0, 0.05) is 52.4 Å². The van der Waals surface area contributed by atoms with Crippen LogP contribution in [0.2, 0.25) is 0 Å². The molecule has 0 saturated carbocycles. The molecule has 3 saturated heterocycles. The summed E-state index contributed by atoms with van der Waals surface area (Å²) in [5.74, 6) is 1.76. The van der Waals surface area contributed by atoms with E-state index in [2.05, 4.69) is 44.5 Å². The lowest BCUT2D eigenvalue weighted by atomic mass is 10.1. The van der Waals surface area contributed by atoms with E-state index in [9.17, 15) is 0 Å². The lowest BCUT2D eigenvalue weighted by molar-refractivity contribution is 0.0154. The van der Waals surface area contributed by atoms with Crippen LogP contribution < -0.4 is 15.4 Å². The van der Waals surface area contributed by atoms with Crippen molar-refractivity contribution in [3.63, 3.8) is 0 Å². The van der Waals surface area contributed by atoms with Crippen molar-refractivity contribution in [2.24, 2.45) is 4.99 Å². The highest BCUT2D eigenvalue weighted by Gasteiger charge is 2.31. The van der Waals surface area contributed by atoms with Gasteiger partial charge in [-0.2, -0.15) is 0 Å². The first kappa shape index (κ1) is 20.3. The molecule has 0 amide bonds. The molecule has 7 heteroatoms. The number of nitrogens with one attached hydrogen (secondary N) is 2. The zero-order valence-corrected chi connectivity index (χ0v) is 17.5. The van der Waals surface area contributed by atoms with E-state index in [1.807, 2.05) is 19.2 Å². The summed E-state index contributed by atoms with van der Waals surface area (Å²) in [5.41, 5.74) is 1.24. The highest BCUT2D eigenvalue weighted by Crippen LogP contribution is 2.14. The lowest BCUT2D eigenvalue weighted by Gasteiger charge is -2.47. The van der Waals surface area contributed by atoms with E-state index in [0.717, 1.165) is 24.8 Å². The van der Waals surface area contributed by atoms with Gasteiger partial charge >= 0.3 is 0 Å². The number of hydrogen-bond acceptors (Lipinski definition) is 4. The second-order valence-corrected chi connectivity index (χ2v) is 6.53. The minimum absolute atomic E-state index is 0. The largest absolute Gasteiger partial charge is 0.492 e. The Morgan fingerprint density at radius 2 is 1.88 bits per heavy atom. The van der Waals surface area contributed by atoms with Gasteiger partial charge in [-0.15, -0.1) is 24.0 Å². The van der Waals surface area contributed by atoms with Crippen LogP contribution in [0.1, 0.15) is 5.56 Å². The minimum Gasteiger partial charge on any atom is -0.492 e. The van der Waals surface area contributed by atoms with Crippen molar-refractivity contribution in [3.05, 3.63) is 29.8 Å². The van der Waals surface area contributed by atoms with Gasteiger partial charge in [0.2, 0.25) is 0 Å². The van der Waals surface area contributed by atoms with E-state index in [-0.39, 0.29) is 24.0 Å². The van der Waals surface area contributed by atoms with Crippen LogP contribution in [-0.2, 0) is 0 Å². The molecule has 2 bridgehead atoms. The number of rotatable bonds is 6. The van der Waals surface area contributed by atoms with Crippen molar-refractivity contribution >= 4 is 29.9 Å². The molecule has 6 nitrogen and oxygen atoms in total. The van der Waals surface area contributed by atoms with Crippen LogP contribution in [0.5, 0.6) is 5.75 Å². The second-order valence-electron chi connectivity index (χ2n) is 6.53. The number of piperazine rings is 3. The monoisotopic (exact) mass is 459 g/mol. The van der Waals surface area contributed by atoms with Gasteiger partial charge in [0.05, 0.1) is 6.54 Å². The quantitative estimate of drug-likeness (QED) is 0.290. The molecule has 3 aliphatic heterocycles. The number of ether oxygens (including phenoxy) is 1. The van der Waals surface area contributed by atoms with Crippen molar-refractivity contribution in [1.29, 1.82) is 0 Å². The van der Waals surface area contributed by atoms with Gasteiger partial charge in [0.15, 0.2) is 5.96 Å². The van der Waals surface area contributed by atoms with Crippen LogP contribution in [0, 0.1) is 6.92 Å². The number of nitrogens with zero attached hydrogens (tertiary/aromatic N) is 3. The van der Waals surface area contributed by atoms with Crippen LogP contribution in [0.25, 0.3) is 0 Å². The van der Waals surface area contributed by atoms with Crippen molar-refractivity contribution in [2.45, 2.75) is 13.0 Å². The van der Waals surface area contributed by atoms with Gasteiger partial charge in [-0.25, -0.2) is 0 Å². The number of halogens is 1. The fourth-order valence-electron chi connectivity index (χ4n) is 3.33. The minimum atomic E-state index is 0. The van der Waals surface area contributed by atoms with Crippen molar-refractivity contribution < 1.29 is 4.74 Å². The molecule has 3 aliphatic rings. The zero-order valence-electron chi connectivity index (χ0n) is 15.2. The van der Waals surface area contributed by atoms with E-state index in [1.165, 1.54) is 38.3 Å². The Morgan fingerprint density at radius 1 is 1.16 bits per heavy atom. The summed E-state index contributed by atoms with van der Waals surface area (Å²) in [6.07, 6.45) is 0. The van der Waals surface area contributed by atoms with Crippen molar-refractivity contribution in [2.75, 3.05) is 59.5 Å². The van der Waals surface area contributed by atoms with E-state index in [4.69, 9.17) is 4.74 Å². The molecule has 0 aliphatic carbocycles. The smallest absolute Gasteiger partial charge is 0.191 e. The average molecular weight is 459 g/mol. The summed E-state index contributed by atoms with van der Waals surface area (Å²) >= 11 is 0. The maximum absolute atomic E-state index is 5.73. The third kappa shape index (κ3) is 6.00. The number of benzene rings is 1. The molecule has 2 N–H and O–H groups in total. The fourth-order valence-corrected chi connectivity index (χ4v) is 3.33. The molecular formula is C18H30IN5O. The van der Waals surface area contributed by atoms with Gasteiger partial charge in [-0.3, -0.25) is 14.8 Å². The third-order valence-corrected chi connectivity index (χ3v) is 4.81. The Morgan fingerprint density at radius 3 is 2.48 bits per heavy atom. The summed E-state index contributed by atoms with van der Waals surface area (Å²) in [6.45, 7) is 10.4. The Kier molecular flexibility index (Phi) is 8.25. The fraction of sp³-hybridized carbons (Fsp3) is 0.611. The van der Waals surface area contributed by atoms with Crippen LogP contribution in [0.4, 0.5) is 0 Å². The van der Waals surface area contributed by atoms with Crippen molar-refractivity contribution in [3.8, 4) is 5.75 Å². The van der Waals surface area contributed by atoms with Crippen LogP contribution in [-0.4, -0.2) is 81.3 Å². The SMILES string of the molecule is CN=C(NCCOc1ccc(C)cc1)NCC1CN2CCN1CC2.I. The highest BCUT2D eigenvalue weighted by molar-refractivity contribution is 14.0. The standard InChI is InChI=1S/C18H29N5O.HI/c1-15-3-5-17(6-4-15)24-12-7-20-18(19-2)21-13-16-14-22-8-10-23(16)11-9-22;/h3-6,16H,7-14H2,1-2H3,(H2,19,20,21);1H. The van der Waals surface area contributed by atoms with Crippen LogP contribution in [0.3, 0.4) is 0 Å². The van der Waals surface area contributed by atoms with Crippen LogP contribution in [0.15, 0.2) is 29.3 Å². The van der Waals surface area contributed by atoms with E-state index >= 15 is 0 Å². The number of hydrogen-bond donors (Lipinski definition) is 2. The Bertz CT molecular complexity index is 543. The molecule has 3 heterocycles. The van der Waals surface area contributed by atoms with E-state index < -0.39 is 0 Å². The number of fused-ring (bicyclic) bond motifs is 3. The van der Waals surface area contributed by atoms with E-state index in [1.54, 1.807) is 0 Å². The molecule has 1 aromatic carbocycles. The predicted molar refractivity (Wildman–Crippen MR) is 113 cm³/mol. The third-order valence-electron chi connectivity index (χ3n) is 4.81. The molecule has 25 heavy (non-hydrogen) atoms. The topological polar surface area (TPSA) is 52.1 Å². The summed E-state index contributed by atoms with van der Waals surface area (Å²) in [6, 6.07) is 8.72. The first-order valence-corrected chi connectivity index (χ1v) is 8.85. The Balaban J connectivity index is 0.00000225. The Hall–Kier alpha value is -1.06. The number of aryl methyl sites for hydroxylation is 1. The van der Waals surface area contributed by atoms with Crippen molar-refractivity contribution in [1.82, 2.24) is 20.4 Å². The maximum atomic E-state index is 5.73. The zero-order chi connectivity index (χ0) is 16.8. The molecule has 1 aromatic rings. The Labute approximate surface area is 168 Å². The van der Waals surface area contributed by atoms with Gasteiger partial charge < -0.3 is 15.4 Å². The molecule has 4 rings (SSSR count). The molecule has 140 valence electrons. The average Bonchev–Trinajstić information content (AvgIpc) is 2.63. The highest BCUT2D eigenvalue weighted by atomic mass is 127. The van der Waals surface area contributed by atoms with E-state index in [0.29, 0.717) is 12.6 Å². The summed E-state index contributed by atoms with van der Waals surface area (Å²) < 4.78 is 5.73. The lowest BCUT2D eigenvalue weighted by Crippen LogP contribution is -2.63. The first-order chi connectivity index (χ1) is 11.7. The molecular weight excluding hydrogens is 429 g/mol. The van der Waals surface area contributed by atoms with Crippen LogP contribution >= 0.6 is 24.0 Å². The van der Waals surface area contributed by atoms with Gasteiger partial charge in [0.1, 0.15) is 12.4 Å². The summed E-state index contributed by atoms with van der Waals surface area (Å²) in [7, 11) is 1.81. The summed E-state index contributed by atoms with van der Waals surface area (Å²) in [5, 5.41) is 6.76. The van der Waals surface area contributed by atoms with Gasteiger partial charge in [0.25, 0.3) is 0 Å². The predicted octanol–water partition coefficient (Wildman–Crippen LogP) is 1.16. The molecule has 3 fully saturated rings. The molecule has 0 radical (unpaired) electrons. The molecule has 0 spiro atoms. The normalized spacial score (nSPS) is 25.2. The summed E-state index contributed by atoms with van der Waals surface area (Å²) in [4.78, 5) is 9.44. The molecule has 1 unspecified atom stereocenters. The first-order valence-electron chi connectivity index (χ1n) is 8.85. The second kappa shape index (κ2) is 10.2. The molecule has 1 atom stereocenters. The van der Waals surface area contributed by atoms with Gasteiger partial charge in [-0.05, 0) is 19.1 Å².